The Labute approximate surface area is 190 Å². The fraction of sp³-hybridized carbons (Fsp3) is 0.217. The third-order valence-electron chi connectivity index (χ3n) is 4.93. The average Bonchev–Trinajstić information content (AvgIpc) is 2.80. The third kappa shape index (κ3) is 5.85. The molecule has 1 unspecified atom stereocenters. The first-order chi connectivity index (χ1) is 15.4. The van der Waals surface area contributed by atoms with E-state index in [-0.39, 0.29) is 18.2 Å². The smallest absolute Gasteiger partial charge is 0.412 e. The second-order valence-electron chi connectivity index (χ2n) is 7.07. The Balaban J connectivity index is 1.51. The molecule has 0 aliphatic carbocycles. The number of anilines is 1. The fourth-order valence-corrected chi connectivity index (χ4v) is 3.19. The number of hydrogen-bond donors (Lipinski definition) is 2. The number of aromatic nitrogens is 1. The number of urea groups is 1. The van der Waals surface area contributed by atoms with E-state index in [1.807, 2.05) is 24.3 Å². The van der Waals surface area contributed by atoms with E-state index in [1.54, 1.807) is 25.4 Å². The third-order valence-corrected chi connectivity index (χ3v) is 5.35. The zero-order valence-electron chi connectivity index (χ0n) is 17.5. The molecule has 2 aromatic carbocycles. The van der Waals surface area contributed by atoms with Crippen LogP contribution < -0.4 is 10.6 Å². The number of ether oxygens (including phenoxy) is 1. The van der Waals surface area contributed by atoms with E-state index in [2.05, 4.69) is 22.5 Å². The molecule has 1 aromatic heterocycles. The molecule has 2 N–H and O–H groups in total. The number of halogens is 2. The topological polar surface area (TPSA) is 83.6 Å². The van der Waals surface area contributed by atoms with Gasteiger partial charge in [-0.1, -0.05) is 54.9 Å². The normalized spacial score (nSPS) is 11.6. The van der Waals surface area contributed by atoms with Gasteiger partial charge < -0.3 is 15.0 Å². The van der Waals surface area contributed by atoms with Gasteiger partial charge in [0.2, 0.25) is 0 Å². The Morgan fingerprint density at radius 3 is 2.72 bits per heavy atom. The molecule has 9 heteroatoms. The average molecular weight is 458 g/mol. The lowest BCUT2D eigenvalue weighted by molar-refractivity contribution is 0.117. The van der Waals surface area contributed by atoms with Crippen molar-refractivity contribution in [3.8, 4) is 0 Å². The van der Waals surface area contributed by atoms with Gasteiger partial charge in [0.25, 0.3) is 0 Å². The van der Waals surface area contributed by atoms with Crippen molar-refractivity contribution in [2.75, 3.05) is 19.0 Å². The summed E-state index contributed by atoms with van der Waals surface area (Å²) in [6.45, 7) is 3.81. The molecule has 0 saturated heterocycles. The van der Waals surface area contributed by atoms with Gasteiger partial charge in [-0.2, -0.15) is 0 Å². The van der Waals surface area contributed by atoms with Gasteiger partial charge in [0, 0.05) is 25.2 Å². The lowest BCUT2D eigenvalue weighted by Crippen LogP contribution is -2.45. The first kappa shape index (κ1) is 23.3. The standard InChI is InChI=1S/C23H23ClFN4O3/c1-3-18(29(2)22(30)27-13-17-9-6-10-19(25)21(17)24)14-32-23(31)28-20-11-15-7-4-5-8-16(15)12-26-20/h4-12,18H,1,3,13-14H2,2H3,(H,27,30)(H,26,28,31). The lowest BCUT2D eigenvalue weighted by atomic mass is 10.2. The summed E-state index contributed by atoms with van der Waals surface area (Å²) in [5, 5.41) is 7.10. The van der Waals surface area contributed by atoms with Crippen LogP contribution in [-0.4, -0.2) is 41.7 Å². The van der Waals surface area contributed by atoms with Crippen LogP contribution in [0.3, 0.4) is 0 Å². The van der Waals surface area contributed by atoms with Gasteiger partial charge in [0.05, 0.1) is 11.1 Å². The van der Waals surface area contributed by atoms with Crippen LogP contribution in [0, 0.1) is 12.7 Å². The Hall–Kier alpha value is -3.39. The molecule has 0 aliphatic rings. The van der Waals surface area contributed by atoms with Crippen molar-refractivity contribution in [1.29, 1.82) is 0 Å². The number of nitrogens with zero attached hydrogens (tertiary/aromatic N) is 2. The number of fused-ring (bicyclic) bond motifs is 1. The van der Waals surface area contributed by atoms with Gasteiger partial charge in [0.1, 0.15) is 18.2 Å². The summed E-state index contributed by atoms with van der Waals surface area (Å²) in [5.74, 6) is -0.194. The van der Waals surface area contributed by atoms with E-state index < -0.39 is 24.0 Å². The molecule has 3 aromatic rings. The highest BCUT2D eigenvalue weighted by molar-refractivity contribution is 6.31. The van der Waals surface area contributed by atoms with E-state index in [0.717, 1.165) is 10.8 Å². The summed E-state index contributed by atoms with van der Waals surface area (Å²) >= 11 is 5.91. The largest absolute Gasteiger partial charge is 0.447 e. The highest BCUT2D eigenvalue weighted by atomic mass is 35.5. The highest BCUT2D eigenvalue weighted by Crippen LogP contribution is 2.19. The maximum absolute atomic E-state index is 13.5. The Morgan fingerprint density at radius 2 is 1.97 bits per heavy atom. The van der Waals surface area contributed by atoms with Crippen LogP contribution in [0.5, 0.6) is 0 Å². The van der Waals surface area contributed by atoms with Crippen LogP contribution in [0.2, 0.25) is 5.02 Å². The number of hydrogen-bond acceptors (Lipinski definition) is 4. The van der Waals surface area contributed by atoms with Gasteiger partial charge in [-0.25, -0.2) is 19.0 Å². The van der Waals surface area contributed by atoms with E-state index in [0.29, 0.717) is 17.8 Å². The van der Waals surface area contributed by atoms with Crippen LogP contribution in [0.25, 0.3) is 10.8 Å². The van der Waals surface area contributed by atoms with Crippen LogP contribution in [0.15, 0.2) is 54.7 Å². The van der Waals surface area contributed by atoms with Crippen LogP contribution >= 0.6 is 11.6 Å². The van der Waals surface area contributed by atoms with Crippen LogP contribution in [0.1, 0.15) is 12.0 Å². The number of amides is 3. The van der Waals surface area contributed by atoms with Crippen molar-refractivity contribution in [3.05, 3.63) is 78.1 Å². The molecule has 0 saturated carbocycles. The minimum Gasteiger partial charge on any atom is -0.447 e. The summed E-state index contributed by atoms with van der Waals surface area (Å²) in [6, 6.07) is 12.9. The van der Waals surface area contributed by atoms with Gasteiger partial charge in [-0.3, -0.25) is 5.32 Å². The molecule has 0 bridgehead atoms. The Morgan fingerprint density at radius 1 is 1.22 bits per heavy atom. The summed E-state index contributed by atoms with van der Waals surface area (Å²) in [4.78, 5) is 30.2. The maximum atomic E-state index is 13.5. The van der Waals surface area contributed by atoms with Crippen LogP contribution in [0.4, 0.5) is 19.8 Å². The van der Waals surface area contributed by atoms with E-state index in [1.165, 1.54) is 17.0 Å². The quantitative estimate of drug-likeness (QED) is 0.522. The van der Waals surface area contributed by atoms with Gasteiger partial charge in [-0.15, -0.1) is 0 Å². The number of nitrogens with one attached hydrogen (secondary N) is 2. The Kier molecular flexibility index (Phi) is 7.83. The van der Waals surface area contributed by atoms with Crippen molar-refractivity contribution < 1.29 is 18.7 Å². The van der Waals surface area contributed by atoms with Gasteiger partial charge in [0.15, 0.2) is 0 Å². The molecule has 3 amide bonds. The van der Waals surface area contributed by atoms with Crippen molar-refractivity contribution in [1.82, 2.24) is 15.2 Å². The first-order valence-electron chi connectivity index (χ1n) is 9.90. The molecule has 7 nitrogen and oxygen atoms in total. The molecule has 0 aliphatic heterocycles. The summed E-state index contributed by atoms with van der Waals surface area (Å²) < 4.78 is 18.8. The molecule has 167 valence electrons. The number of rotatable bonds is 7. The molecule has 1 atom stereocenters. The molecular formula is C23H23ClFN4O3. The SMILES string of the molecule is [CH2]CC(COC(=O)Nc1cc2ccccc2cn1)N(C)C(=O)NCc1cccc(F)c1Cl. The summed E-state index contributed by atoms with van der Waals surface area (Å²) in [7, 11) is 1.56. The predicted octanol–water partition coefficient (Wildman–Crippen LogP) is 5.01. The molecule has 0 fully saturated rings. The minimum absolute atomic E-state index is 0.0357. The second-order valence-corrected chi connectivity index (χ2v) is 7.44. The monoisotopic (exact) mass is 457 g/mol. The second kappa shape index (κ2) is 10.8. The number of pyridine rings is 1. The summed E-state index contributed by atoms with van der Waals surface area (Å²) in [6.07, 6.45) is 1.28. The van der Waals surface area contributed by atoms with Gasteiger partial charge >= 0.3 is 12.1 Å². The van der Waals surface area contributed by atoms with Crippen molar-refractivity contribution >= 4 is 40.3 Å². The molecular weight excluding hydrogens is 435 g/mol. The molecule has 0 spiro atoms. The molecule has 1 heterocycles. The lowest BCUT2D eigenvalue weighted by Gasteiger charge is -2.27. The number of carbonyl (C=O) groups excluding carboxylic acids is 2. The predicted molar refractivity (Wildman–Crippen MR) is 122 cm³/mol. The van der Waals surface area contributed by atoms with E-state index in [9.17, 15) is 14.0 Å². The van der Waals surface area contributed by atoms with Crippen LogP contribution in [-0.2, 0) is 11.3 Å². The van der Waals surface area contributed by atoms with Gasteiger partial charge in [-0.05, 0) is 29.5 Å². The van der Waals surface area contributed by atoms with E-state index >= 15 is 0 Å². The molecule has 1 radical (unpaired) electrons. The fourth-order valence-electron chi connectivity index (χ4n) is 3.00. The maximum Gasteiger partial charge on any atom is 0.412 e. The van der Waals surface area contributed by atoms with Crippen molar-refractivity contribution in [2.24, 2.45) is 0 Å². The first-order valence-corrected chi connectivity index (χ1v) is 10.3. The van der Waals surface area contributed by atoms with Crippen molar-refractivity contribution in [3.63, 3.8) is 0 Å². The minimum atomic E-state index is -0.688. The number of carbonyl (C=O) groups is 2. The number of likely N-dealkylation sites (N-methyl/N-ethyl adjacent to an activating group) is 1. The molecule has 3 rings (SSSR count). The number of benzene rings is 2. The zero-order chi connectivity index (χ0) is 23.1. The zero-order valence-corrected chi connectivity index (χ0v) is 18.2. The molecule has 32 heavy (non-hydrogen) atoms. The van der Waals surface area contributed by atoms with Crippen molar-refractivity contribution in [2.45, 2.75) is 19.0 Å². The highest BCUT2D eigenvalue weighted by Gasteiger charge is 2.20. The van der Waals surface area contributed by atoms with E-state index in [4.69, 9.17) is 16.3 Å². The summed E-state index contributed by atoms with van der Waals surface area (Å²) in [5.41, 5.74) is 0.457. The Bertz CT molecular complexity index is 1110.